The minimum absolute atomic E-state index is 0.303. The van der Waals surface area contributed by atoms with Crippen molar-refractivity contribution in [3.63, 3.8) is 0 Å². The SMILES string of the molecule is CCCC(N)CC1(c2ccc(Cl)cc2)CCCCC1. The van der Waals surface area contributed by atoms with E-state index in [0.29, 0.717) is 11.5 Å². The van der Waals surface area contributed by atoms with Crippen molar-refractivity contribution in [3.8, 4) is 0 Å². The normalized spacial score (nSPS) is 20.2. The smallest absolute Gasteiger partial charge is 0.0406 e. The molecule has 2 N–H and O–H groups in total. The number of hydrogen-bond acceptors (Lipinski definition) is 1. The molecule has 0 aliphatic heterocycles. The number of hydrogen-bond donors (Lipinski definition) is 1. The Morgan fingerprint density at radius 3 is 2.37 bits per heavy atom. The van der Waals surface area contributed by atoms with Crippen molar-refractivity contribution in [1.29, 1.82) is 0 Å². The van der Waals surface area contributed by atoms with E-state index in [1.807, 2.05) is 12.1 Å². The third-order valence-electron chi connectivity index (χ3n) is 4.58. The van der Waals surface area contributed by atoms with Crippen molar-refractivity contribution in [2.75, 3.05) is 0 Å². The zero-order valence-corrected chi connectivity index (χ0v) is 12.8. The second-order valence-electron chi connectivity index (χ2n) is 6.10. The summed E-state index contributed by atoms with van der Waals surface area (Å²) in [5.41, 5.74) is 8.09. The van der Waals surface area contributed by atoms with Gasteiger partial charge in [0.05, 0.1) is 0 Å². The average Bonchev–Trinajstić information content (AvgIpc) is 2.40. The van der Waals surface area contributed by atoms with E-state index < -0.39 is 0 Å². The summed E-state index contributed by atoms with van der Waals surface area (Å²) in [6.45, 7) is 2.22. The highest BCUT2D eigenvalue weighted by Gasteiger charge is 2.35. The molecule has 1 aliphatic carbocycles. The van der Waals surface area contributed by atoms with Crippen LogP contribution >= 0.6 is 11.6 Å². The van der Waals surface area contributed by atoms with Crippen LogP contribution in [0.4, 0.5) is 0 Å². The van der Waals surface area contributed by atoms with Gasteiger partial charge in [-0.3, -0.25) is 0 Å². The Hall–Kier alpha value is -0.530. The quantitative estimate of drug-likeness (QED) is 0.801. The minimum atomic E-state index is 0.303. The Balaban J connectivity index is 2.20. The van der Waals surface area contributed by atoms with Crippen molar-refractivity contribution in [2.24, 2.45) is 5.73 Å². The molecule has 1 saturated carbocycles. The van der Waals surface area contributed by atoms with Gasteiger partial charge >= 0.3 is 0 Å². The fraction of sp³-hybridized carbons (Fsp3) is 0.647. The first-order chi connectivity index (χ1) is 9.16. The van der Waals surface area contributed by atoms with Crippen molar-refractivity contribution >= 4 is 11.6 Å². The van der Waals surface area contributed by atoms with Gasteiger partial charge in [-0.1, -0.05) is 56.3 Å². The van der Waals surface area contributed by atoms with Crippen LogP contribution in [0, 0.1) is 0 Å². The first kappa shape index (κ1) is 14.9. The van der Waals surface area contributed by atoms with Crippen LogP contribution in [0.25, 0.3) is 0 Å². The molecule has 19 heavy (non-hydrogen) atoms. The predicted molar refractivity (Wildman–Crippen MR) is 83.7 cm³/mol. The molecule has 0 saturated heterocycles. The molecule has 2 rings (SSSR count). The lowest BCUT2D eigenvalue weighted by molar-refractivity contribution is 0.252. The number of nitrogens with two attached hydrogens (primary N) is 1. The van der Waals surface area contributed by atoms with Crippen LogP contribution in [0.5, 0.6) is 0 Å². The topological polar surface area (TPSA) is 26.0 Å². The maximum absolute atomic E-state index is 6.34. The second kappa shape index (κ2) is 6.76. The fourth-order valence-electron chi connectivity index (χ4n) is 3.62. The summed E-state index contributed by atoms with van der Waals surface area (Å²) < 4.78 is 0. The Morgan fingerprint density at radius 2 is 1.79 bits per heavy atom. The Kier molecular flexibility index (Phi) is 5.29. The molecule has 1 unspecified atom stereocenters. The van der Waals surface area contributed by atoms with Crippen LogP contribution in [-0.4, -0.2) is 6.04 Å². The van der Waals surface area contributed by atoms with Gasteiger partial charge in [-0.05, 0) is 48.8 Å². The summed E-state index contributed by atoms with van der Waals surface area (Å²) in [6, 6.07) is 8.81. The Bertz CT molecular complexity index is 379. The number of halogens is 1. The molecule has 1 nitrogen and oxygen atoms in total. The molecule has 0 bridgehead atoms. The highest BCUT2D eigenvalue weighted by Crippen LogP contribution is 2.43. The van der Waals surface area contributed by atoms with Gasteiger partial charge in [0.1, 0.15) is 0 Å². The number of rotatable bonds is 5. The first-order valence-electron chi connectivity index (χ1n) is 7.68. The molecule has 1 aromatic carbocycles. The number of benzene rings is 1. The molecular formula is C17H26ClN. The van der Waals surface area contributed by atoms with E-state index in [1.165, 1.54) is 44.1 Å². The highest BCUT2D eigenvalue weighted by molar-refractivity contribution is 6.30. The van der Waals surface area contributed by atoms with E-state index in [0.717, 1.165) is 17.9 Å². The van der Waals surface area contributed by atoms with Crippen molar-refractivity contribution in [3.05, 3.63) is 34.9 Å². The lowest BCUT2D eigenvalue weighted by Crippen LogP contribution is -2.36. The van der Waals surface area contributed by atoms with Gasteiger partial charge in [-0.15, -0.1) is 0 Å². The Labute approximate surface area is 122 Å². The predicted octanol–water partition coefficient (Wildman–Crippen LogP) is 5.06. The summed E-state index contributed by atoms with van der Waals surface area (Å²) in [5.74, 6) is 0. The molecule has 0 spiro atoms. The summed E-state index contributed by atoms with van der Waals surface area (Å²) in [5, 5.41) is 0.826. The minimum Gasteiger partial charge on any atom is -0.328 e. The fourth-order valence-corrected chi connectivity index (χ4v) is 3.74. The van der Waals surface area contributed by atoms with Crippen molar-refractivity contribution < 1.29 is 0 Å². The van der Waals surface area contributed by atoms with Crippen LogP contribution in [0.3, 0.4) is 0 Å². The van der Waals surface area contributed by atoms with Gasteiger partial charge in [-0.25, -0.2) is 0 Å². The standard InChI is InChI=1S/C17H26ClN/c1-2-6-16(19)13-17(11-4-3-5-12-17)14-7-9-15(18)10-8-14/h7-10,16H,2-6,11-13,19H2,1H3. The molecule has 0 amide bonds. The van der Waals surface area contributed by atoms with Crippen LogP contribution < -0.4 is 5.73 Å². The van der Waals surface area contributed by atoms with E-state index in [4.69, 9.17) is 17.3 Å². The lowest BCUT2D eigenvalue weighted by Gasteiger charge is -2.40. The van der Waals surface area contributed by atoms with Gasteiger partial charge in [0.2, 0.25) is 0 Å². The molecule has 1 aliphatic rings. The van der Waals surface area contributed by atoms with Gasteiger partial charge < -0.3 is 5.73 Å². The zero-order valence-electron chi connectivity index (χ0n) is 12.0. The van der Waals surface area contributed by atoms with E-state index in [9.17, 15) is 0 Å². The third-order valence-corrected chi connectivity index (χ3v) is 4.83. The van der Waals surface area contributed by atoms with Crippen LogP contribution in [0.15, 0.2) is 24.3 Å². The largest absolute Gasteiger partial charge is 0.328 e. The molecule has 0 radical (unpaired) electrons. The Morgan fingerprint density at radius 1 is 1.16 bits per heavy atom. The molecule has 0 aromatic heterocycles. The van der Waals surface area contributed by atoms with E-state index >= 15 is 0 Å². The zero-order chi connectivity index (χ0) is 13.7. The summed E-state index contributed by atoms with van der Waals surface area (Å²) in [7, 11) is 0. The van der Waals surface area contributed by atoms with E-state index in [2.05, 4.69) is 19.1 Å². The molecular weight excluding hydrogens is 254 g/mol. The van der Waals surface area contributed by atoms with Crippen LogP contribution in [0.2, 0.25) is 5.02 Å². The van der Waals surface area contributed by atoms with Gasteiger partial charge in [0, 0.05) is 11.1 Å². The lowest BCUT2D eigenvalue weighted by atomic mass is 9.66. The molecule has 1 aromatic rings. The summed E-state index contributed by atoms with van der Waals surface area (Å²) in [6.07, 6.45) is 10.1. The van der Waals surface area contributed by atoms with Crippen molar-refractivity contribution in [1.82, 2.24) is 0 Å². The molecule has 106 valence electrons. The van der Waals surface area contributed by atoms with Gasteiger partial charge in [-0.2, -0.15) is 0 Å². The molecule has 0 heterocycles. The van der Waals surface area contributed by atoms with Crippen molar-refractivity contribution in [2.45, 2.75) is 69.7 Å². The van der Waals surface area contributed by atoms with Crippen LogP contribution in [0.1, 0.15) is 63.9 Å². The first-order valence-corrected chi connectivity index (χ1v) is 8.06. The molecule has 2 heteroatoms. The third kappa shape index (κ3) is 3.73. The molecule has 1 fully saturated rings. The highest BCUT2D eigenvalue weighted by atomic mass is 35.5. The summed E-state index contributed by atoms with van der Waals surface area (Å²) in [4.78, 5) is 0. The summed E-state index contributed by atoms with van der Waals surface area (Å²) >= 11 is 6.03. The molecule has 1 atom stereocenters. The van der Waals surface area contributed by atoms with Gasteiger partial charge in [0.15, 0.2) is 0 Å². The monoisotopic (exact) mass is 279 g/mol. The van der Waals surface area contributed by atoms with Gasteiger partial charge in [0.25, 0.3) is 0 Å². The van der Waals surface area contributed by atoms with E-state index in [-0.39, 0.29) is 0 Å². The average molecular weight is 280 g/mol. The van der Waals surface area contributed by atoms with Crippen LogP contribution in [-0.2, 0) is 5.41 Å². The van der Waals surface area contributed by atoms with E-state index in [1.54, 1.807) is 0 Å². The maximum Gasteiger partial charge on any atom is 0.0406 e. The maximum atomic E-state index is 6.34. The second-order valence-corrected chi connectivity index (χ2v) is 6.54.